The molecule has 9 heteroatoms. The number of nitrogens with one attached hydrogen (secondary N) is 3. The maximum Gasteiger partial charge on any atom is 0.255 e. The van der Waals surface area contributed by atoms with Gasteiger partial charge in [0, 0.05) is 45.6 Å². The molecule has 6 aromatic rings. The molecular formula is C34H26FN5O3. The summed E-state index contributed by atoms with van der Waals surface area (Å²) in [6.07, 6.45) is 3.49. The van der Waals surface area contributed by atoms with E-state index in [1.807, 2.05) is 49.4 Å². The zero-order valence-corrected chi connectivity index (χ0v) is 23.1. The van der Waals surface area contributed by atoms with Crippen LogP contribution in [-0.2, 0) is 11.2 Å². The van der Waals surface area contributed by atoms with Crippen molar-refractivity contribution in [2.45, 2.75) is 13.3 Å². The SMILES string of the molecule is Cc1c(NC(=O)c2ccc(F)cc2)cccc1-c1ccc(C(N)=O)c2[nH]c3cc(NC(=O)Cc4cccnc4)ccc3c12. The minimum atomic E-state index is -0.579. The van der Waals surface area contributed by atoms with Crippen molar-refractivity contribution in [2.24, 2.45) is 5.73 Å². The number of hydrogen-bond donors (Lipinski definition) is 4. The number of fused-ring (bicyclic) bond motifs is 3. The third kappa shape index (κ3) is 5.43. The van der Waals surface area contributed by atoms with Crippen molar-refractivity contribution >= 4 is 50.9 Å². The van der Waals surface area contributed by atoms with Gasteiger partial charge in [-0.2, -0.15) is 0 Å². The molecule has 0 atom stereocenters. The maximum absolute atomic E-state index is 13.3. The Kier molecular flexibility index (Phi) is 7.13. The zero-order valence-electron chi connectivity index (χ0n) is 23.1. The van der Waals surface area contributed by atoms with Crippen LogP contribution >= 0.6 is 0 Å². The highest BCUT2D eigenvalue weighted by atomic mass is 19.1. The van der Waals surface area contributed by atoms with E-state index in [0.29, 0.717) is 33.5 Å². The average Bonchev–Trinajstić information content (AvgIpc) is 3.37. The predicted octanol–water partition coefficient (Wildman–Crippen LogP) is 6.36. The van der Waals surface area contributed by atoms with Crippen LogP contribution in [0, 0.1) is 12.7 Å². The molecule has 2 heterocycles. The van der Waals surface area contributed by atoms with E-state index in [9.17, 15) is 18.8 Å². The third-order valence-electron chi connectivity index (χ3n) is 7.37. The molecule has 5 N–H and O–H groups in total. The van der Waals surface area contributed by atoms with Crippen molar-refractivity contribution in [1.82, 2.24) is 9.97 Å². The van der Waals surface area contributed by atoms with E-state index in [4.69, 9.17) is 5.73 Å². The number of rotatable bonds is 7. The average molecular weight is 572 g/mol. The van der Waals surface area contributed by atoms with Gasteiger partial charge in [0.15, 0.2) is 0 Å². The van der Waals surface area contributed by atoms with E-state index >= 15 is 0 Å². The summed E-state index contributed by atoms with van der Waals surface area (Å²) in [5.41, 5.74) is 12.1. The second kappa shape index (κ2) is 11.2. The molecule has 0 aliphatic carbocycles. The topological polar surface area (TPSA) is 130 Å². The largest absolute Gasteiger partial charge is 0.366 e. The molecule has 3 amide bonds. The predicted molar refractivity (Wildman–Crippen MR) is 165 cm³/mol. The van der Waals surface area contributed by atoms with Crippen molar-refractivity contribution in [1.29, 1.82) is 0 Å². The molecule has 0 saturated carbocycles. The van der Waals surface area contributed by atoms with Gasteiger partial charge in [0.2, 0.25) is 5.91 Å². The number of carbonyl (C=O) groups excluding carboxylic acids is 3. The molecule has 0 unspecified atom stereocenters. The minimum Gasteiger partial charge on any atom is -0.366 e. The molecule has 0 aliphatic rings. The number of pyridine rings is 1. The molecule has 0 saturated heterocycles. The van der Waals surface area contributed by atoms with Crippen LogP contribution in [0.5, 0.6) is 0 Å². The first-order chi connectivity index (χ1) is 20.8. The lowest BCUT2D eigenvalue weighted by atomic mass is 9.93. The second-order valence-corrected chi connectivity index (χ2v) is 10.2. The Labute approximate surface area is 245 Å². The Morgan fingerprint density at radius 3 is 2.47 bits per heavy atom. The number of anilines is 2. The Balaban J connectivity index is 1.39. The number of nitrogens with two attached hydrogens (primary N) is 1. The van der Waals surface area contributed by atoms with E-state index < -0.39 is 11.7 Å². The first kappa shape index (κ1) is 27.3. The summed E-state index contributed by atoms with van der Waals surface area (Å²) in [4.78, 5) is 45.3. The number of aromatic nitrogens is 2. The number of hydrogen-bond acceptors (Lipinski definition) is 4. The second-order valence-electron chi connectivity index (χ2n) is 10.2. The standard InChI is InChI=1S/C34H26FN5O3/c1-19-24(5-2-6-28(19)40-34(43)21-7-9-22(35)10-8-21)25-13-14-27(33(36)42)32-31(25)26-12-11-23(17-29(26)39-32)38-30(41)16-20-4-3-15-37-18-20/h2-15,17-18,39H,16H2,1H3,(H2,36,42)(H,38,41)(H,40,43). The number of aromatic amines is 1. The van der Waals surface area contributed by atoms with Crippen LogP contribution in [0.15, 0.2) is 97.3 Å². The number of H-pyrrole nitrogens is 1. The van der Waals surface area contributed by atoms with Gasteiger partial charge in [-0.05, 0) is 83.8 Å². The van der Waals surface area contributed by atoms with Gasteiger partial charge < -0.3 is 21.4 Å². The molecule has 0 spiro atoms. The van der Waals surface area contributed by atoms with Crippen molar-refractivity contribution in [3.8, 4) is 11.1 Å². The Morgan fingerprint density at radius 1 is 0.907 bits per heavy atom. The van der Waals surface area contributed by atoms with E-state index in [2.05, 4.69) is 20.6 Å². The van der Waals surface area contributed by atoms with Gasteiger partial charge in [-0.15, -0.1) is 0 Å². The molecule has 0 bridgehead atoms. The molecule has 0 aliphatic heterocycles. The highest BCUT2D eigenvalue weighted by Crippen LogP contribution is 2.39. The van der Waals surface area contributed by atoms with E-state index in [1.165, 1.54) is 24.3 Å². The molecule has 212 valence electrons. The smallest absolute Gasteiger partial charge is 0.255 e. The summed E-state index contributed by atoms with van der Waals surface area (Å²) < 4.78 is 13.3. The molecule has 2 aromatic heterocycles. The van der Waals surface area contributed by atoms with Gasteiger partial charge >= 0.3 is 0 Å². The molecular weight excluding hydrogens is 545 g/mol. The lowest BCUT2D eigenvalue weighted by molar-refractivity contribution is -0.115. The van der Waals surface area contributed by atoms with Crippen molar-refractivity contribution in [3.05, 3.63) is 125 Å². The van der Waals surface area contributed by atoms with Crippen LogP contribution in [-0.4, -0.2) is 27.7 Å². The highest BCUT2D eigenvalue weighted by Gasteiger charge is 2.19. The van der Waals surface area contributed by atoms with Crippen LogP contribution in [0.3, 0.4) is 0 Å². The molecule has 6 rings (SSSR count). The van der Waals surface area contributed by atoms with Gasteiger partial charge in [-0.3, -0.25) is 19.4 Å². The van der Waals surface area contributed by atoms with Gasteiger partial charge in [0.1, 0.15) is 5.82 Å². The number of amides is 3. The first-order valence-corrected chi connectivity index (χ1v) is 13.5. The van der Waals surface area contributed by atoms with Gasteiger partial charge in [0.05, 0.1) is 17.5 Å². The van der Waals surface area contributed by atoms with E-state index in [-0.39, 0.29) is 18.2 Å². The summed E-state index contributed by atoms with van der Waals surface area (Å²) >= 11 is 0. The van der Waals surface area contributed by atoms with E-state index in [1.54, 1.807) is 30.6 Å². The van der Waals surface area contributed by atoms with Crippen LogP contribution < -0.4 is 16.4 Å². The Hall–Kier alpha value is -5.83. The molecule has 0 radical (unpaired) electrons. The van der Waals surface area contributed by atoms with Crippen LogP contribution in [0.25, 0.3) is 32.9 Å². The lowest BCUT2D eigenvalue weighted by Crippen LogP contribution is -2.14. The normalized spacial score (nSPS) is 11.0. The first-order valence-electron chi connectivity index (χ1n) is 13.5. The van der Waals surface area contributed by atoms with Gasteiger partial charge in [0.25, 0.3) is 11.8 Å². The fraction of sp³-hybridized carbons (Fsp3) is 0.0588. The lowest BCUT2D eigenvalue weighted by Gasteiger charge is -2.15. The van der Waals surface area contributed by atoms with Gasteiger partial charge in [-0.1, -0.05) is 30.3 Å². The molecule has 43 heavy (non-hydrogen) atoms. The van der Waals surface area contributed by atoms with Crippen molar-refractivity contribution in [3.63, 3.8) is 0 Å². The number of carbonyl (C=O) groups is 3. The van der Waals surface area contributed by atoms with Crippen LogP contribution in [0.2, 0.25) is 0 Å². The van der Waals surface area contributed by atoms with Crippen molar-refractivity contribution in [2.75, 3.05) is 10.6 Å². The number of benzene rings is 4. The number of primary amides is 1. The third-order valence-corrected chi connectivity index (χ3v) is 7.37. The minimum absolute atomic E-state index is 0.182. The molecule has 8 nitrogen and oxygen atoms in total. The summed E-state index contributed by atoms with van der Waals surface area (Å²) in [7, 11) is 0. The monoisotopic (exact) mass is 571 g/mol. The fourth-order valence-electron chi connectivity index (χ4n) is 5.27. The fourth-order valence-corrected chi connectivity index (χ4v) is 5.27. The number of nitrogens with zero attached hydrogens (tertiary/aromatic N) is 1. The quantitative estimate of drug-likeness (QED) is 0.178. The van der Waals surface area contributed by atoms with Gasteiger partial charge in [-0.25, -0.2) is 4.39 Å². The number of halogens is 1. The van der Waals surface area contributed by atoms with E-state index in [0.717, 1.165) is 33.0 Å². The Bertz CT molecular complexity index is 2040. The van der Waals surface area contributed by atoms with Crippen molar-refractivity contribution < 1.29 is 18.8 Å². The van der Waals surface area contributed by atoms with Crippen LogP contribution in [0.4, 0.5) is 15.8 Å². The summed E-state index contributed by atoms with van der Waals surface area (Å²) in [5, 5.41) is 7.46. The molecule has 0 fully saturated rings. The Morgan fingerprint density at radius 2 is 1.72 bits per heavy atom. The summed E-state index contributed by atoms with van der Waals surface area (Å²) in [6, 6.07) is 23.6. The summed E-state index contributed by atoms with van der Waals surface area (Å²) in [5.74, 6) is -1.54. The van der Waals surface area contributed by atoms with Crippen LogP contribution in [0.1, 0.15) is 31.8 Å². The highest BCUT2D eigenvalue weighted by molar-refractivity contribution is 6.20. The molecule has 4 aromatic carbocycles. The summed E-state index contributed by atoms with van der Waals surface area (Å²) in [6.45, 7) is 1.90. The maximum atomic E-state index is 13.3. The zero-order chi connectivity index (χ0) is 30.1.